The summed E-state index contributed by atoms with van der Waals surface area (Å²) in [6.07, 6.45) is 13.1. The molecule has 0 atom stereocenters. The Kier molecular flexibility index (Phi) is 17.3. The number of nitrogens with one attached hydrogen (secondary N) is 6. The minimum Gasteiger partial charge on any atom is -0.507 e. The molecule has 3 aromatic heterocycles. The van der Waals surface area contributed by atoms with Crippen molar-refractivity contribution in [2.45, 2.75) is 0 Å². The van der Waals surface area contributed by atoms with E-state index >= 15 is 0 Å². The van der Waals surface area contributed by atoms with Gasteiger partial charge in [-0.05, 0) is 168 Å². The fourth-order valence-corrected chi connectivity index (χ4v) is 10.9. The average molecular weight is 1260 g/mol. The number of aromatic hydroxyl groups is 4. The zero-order valence-electron chi connectivity index (χ0n) is 50.5. The molecule has 4 amide bonds. The smallest absolute Gasteiger partial charge is 0.271 e. The van der Waals surface area contributed by atoms with Crippen LogP contribution in [0.25, 0.3) is 90.9 Å². The molecule has 0 unspecified atom stereocenters. The number of fused-ring (bicyclic) bond motifs is 8. The second kappa shape index (κ2) is 27.3. The van der Waals surface area contributed by atoms with Crippen LogP contribution in [0.4, 0.5) is 0 Å². The molecule has 0 fully saturated rings. The van der Waals surface area contributed by atoms with Gasteiger partial charge in [-0.15, -0.1) is 0 Å². The molecular weight excluding hydrogens is 1210 g/mol. The van der Waals surface area contributed by atoms with Crippen LogP contribution in [0.15, 0.2) is 239 Å². The first-order valence-corrected chi connectivity index (χ1v) is 29.9. The lowest BCUT2D eigenvalue weighted by Gasteiger charge is -2.08. The predicted molar refractivity (Wildman–Crippen MR) is 373 cm³/mol. The summed E-state index contributed by atoms with van der Waals surface area (Å²) in [5.74, 6) is -1.91. The van der Waals surface area contributed by atoms with Gasteiger partial charge in [0.05, 0.1) is 47.6 Å². The Labute approximate surface area is 547 Å². The van der Waals surface area contributed by atoms with Gasteiger partial charge in [-0.3, -0.25) is 19.2 Å². The number of phenols is 4. The van der Waals surface area contributed by atoms with Crippen molar-refractivity contribution < 1.29 is 39.6 Å². The summed E-state index contributed by atoms with van der Waals surface area (Å²) in [4.78, 5) is 72.4. The molecule has 13 rings (SSSR count). The first-order chi connectivity index (χ1) is 46.9. The number of hydrogen-bond donors (Lipinski definition) is 10. The summed E-state index contributed by atoms with van der Waals surface area (Å²) in [6, 6.07) is 62.2. The van der Waals surface area contributed by atoms with Crippen LogP contribution in [0.5, 0.6) is 23.0 Å². The van der Waals surface area contributed by atoms with E-state index in [2.05, 4.69) is 52.1 Å². The zero-order chi connectivity index (χ0) is 66.1. The van der Waals surface area contributed by atoms with Gasteiger partial charge in [0.2, 0.25) is 0 Å². The highest BCUT2D eigenvalue weighted by Gasteiger charge is 2.21. The molecule has 20 nitrogen and oxygen atoms in total. The maximum atomic E-state index is 13.5. The number of benzene rings is 8. The van der Waals surface area contributed by atoms with Crippen LogP contribution >= 0.6 is 0 Å². The molecule has 2 aliphatic heterocycles. The highest BCUT2D eigenvalue weighted by Crippen LogP contribution is 2.39. The van der Waals surface area contributed by atoms with Crippen molar-refractivity contribution in [2.75, 3.05) is 0 Å². The number of nitrogens with zero attached hydrogens (tertiary/aromatic N) is 6. The van der Waals surface area contributed by atoms with Crippen molar-refractivity contribution in [3.8, 4) is 67.5 Å². The van der Waals surface area contributed by atoms with E-state index in [1.807, 2.05) is 97.1 Å². The number of aromatic nitrogens is 4. The Hall–Kier alpha value is -13.9. The van der Waals surface area contributed by atoms with Crippen LogP contribution in [0, 0.1) is 0 Å². The molecule has 20 heteroatoms. The van der Waals surface area contributed by atoms with Crippen molar-refractivity contribution in [3.63, 3.8) is 0 Å². The van der Waals surface area contributed by atoms with E-state index in [1.165, 1.54) is 49.1 Å². The van der Waals surface area contributed by atoms with E-state index < -0.39 is 23.6 Å². The van der Waals surface area contributed by atoms with Gasteiger partial charge in [-0.2, -0.15) is 20.4 Å². The van der Waals surface area contributed by atoms with Crippen molar-refractivity contribution in [2.24, 2.45) is 20.4 Å². The molecule has 8 bridgehead atoms. The number of phenolic OH excluding ortho intramolecular Hbond substituents is 4. The van der Waals surface area contributed by atoms with Crippen molar-refractivity contribution >= 4 is 94.9 Å². The molecule has 10 N–H and O–H groups in total. The number of carbonyl (C=O) groups excluding carboxylic acids is 4. The number of aromatic amines is 2. The minimum atomic E-state index is -0.488. The standard InChI is InChI=1S/C76H54N12O8/c89-65-13-5-1-9-53(65)41-77-85-73(93)49-25-17-45(18-26-49)69-57-33-35-59(81-57)70(46-19-27-50(28-20-46)74(94)86-78-42-54-10-2-6-14-66(54)90)61-37-39-63(83-61)72(48-23-31-52(32-24-48)76(96)88-80-44-56-12-4-8-16-68(56)92)64-40-38-62(84-64)71(60-36-34-58(69)82-60)47-21-29-51(30-22-47)75(95)87-79-43-55-11-3-7-15-67(55)91/h1-44,81,84,89-92H,(H,85,93)(H,86,94)(H,87,95)(H,88,96)/b69-57?,69-58?,70-59?,70-61?,71-60?,71-62?,72-63?,72-64?,77-41+,78-42+,79-43+,80-44+. The lowest BCUT2D eigenvalue weighted by molar-refractivity contribution is 0.0947. The second-order valence-corrected chi connectivity index (χ2v) is 21.8. The third-order valence-electron chi connectivity index (χ3n) is 15.7. The molecule has 0 aliphatic carbocycles. The summed E-state index contributed by atoms with van der Waals surface area (Å²) in [5.41, 5.74) is 23.2. The van der Waals surface area contributed by atoms with E-state index in [-0.39, 0.29) is 23.0 Å². The zero-order valence-corrected chi connectivity index (χ0v) is 50.5. The number of amides is 4. The lowest BCUT2D eigenvalue weighted by atomic mass is 10.0. The van der Waals surface area contributed by atoms with Crippen LogP contribution < -0.4 is 21.7 Å². The quantitative estimate of drug-likeness (QED) is 0.0322. The normalized spacial score (nSPS) is 11.8. The maximum absolute atomic E-state index is 13.5. The molecule has 0 saturated heterocycles. The van der Waals surface area contributed by atoms with Gasteiger partial charge in [-0.1, -0.05) is 97.1 Å². The molecule has 96 heavy (non-hydrogen) atoms. The molecule has 0 saturated carbocycles. The monoisotopic (exact) mass is 1260 g/mol. The number of carbonyl (C=O) groups is 4. The maximum Gasteiger partial charge on any atom is 0.271 e. The molecule has 11 aromatic rings. The van der Waals surface area contributed by atoms with E-state index in [0.717, 1.165) is 0 Å². The highest BCUT2D eigenvalue weighted by molar-refractivity contribution is 6.04. The SMILES string of the molecule is O=C(N/N=C/c1ccccc1O)c1ccc(-c2c3nc(c(-c4ccc(C(=O)N/N=C/c5ccccc5O)cc4)c4ccc([nH]4)c(-c4ccc(C(=O)N/N=C/c5ccccc5O)cc4)c4nc(c(-c5ccc(C(=O)N/N=C/c6ccccc6O)cc5)c5ccc2[nH]5)C=C4)C=C3)cc1. The molecular formula is C76H54N12O8. The third-order valence-corrected chi connectivity index (χ3v) is 15.7. The topological polar surface area (TPSA) is 304 Å². The average Bonchev–Trinajstić information content (AvgIpc) is 1.62. The fraction of sp³-hybridized carbons (Fsp3) is 0. The third kappa shape index (κ3) is 13.3. The van der Waals surface area contributed by atoms with Crippen LogP contribution in [-0.4, -0.2) is 88.8 Å². The summed E-state index contributed by atoms with van der Waals surface area (Å²) < 4.78 is 0. The van der Waals surface area contributed by atoms with Crippen LogP contribution in [0.3, 0.4) is 0 Å². The van der Waals surface area contributed by atoms with Crippen molar-refractivity contribution in [1.82, 2.24) is 41.6 Å². The Morgan fingerprint density at radius 1 is 0.292 bits per heavy atom. The van der Waals surface area contributed by atoms with E-state index in [4.69, 9.17) is 9.97 Å². The van der Waals surface area contributed by atoms with Crippen LogP contribution in [0.1, 0.15) is 86.5 Å². The largest absolute Gasteiger partial charge is 0.507 e. The van der Waals surface area contributed by atoms with Gasteiger partial charge in [0.25, 0.3) is 23.6 Å². The fourth-order valence-electron chi connectivity index (χ4n) is 10.9. The number of hydrogen-bond acceptors (Lipinski definition) is 14. The van der Waals surface area contributed by atoms with E-state index in [1.54, 1.807) is 121 Å². The number of rotatable bonds is 16. The van der Waals surface area contributed by atoms with E-state index in [9.17, 15) is 39.6 Å². The Morgan fingerprint density at radius 3 is 0.708 bits per heavy atom. The summed E-state index contributed by atoms with van der Waals surface area (Å²) in [6.45, 7) is 0. The van der Waals surface area contributed by atoms with Gasteiger partial charge < -0.3 is 30.4 Å². The first kappa shape index (κ1) is 61.0. The lowest BCUT2D eigenvalue weighted by Crippen LogP contribution is -2.17. The summed E-state index contributed by atoms with van der Waals surface area (Å²) in [5, 5.41) is 57.4. The Bertz CT molecular complexity index is 4600. The Morgan fingerprint density at radius 2 is 0.500 bits per heavy atom. The molecule has 0 spiro atoms. The first-order valence-electron chi connectivity index (χ1n) is 29.9. The van der Waals surface area contributed by atoms with E-state index in [0.29, 0.717) is 134 Å². The van der Waals surface area contributed by atoms with Crippen LogP contribution in [-0.2, 0) is 0 Å². The Balaban J connectivity index is 0.963. The van der Waals surface area contributed by atoms with Gasteiger partial charge in [0, 0.05) is 88.8 Å². The van der Waals surface area contributed by atoms with Crippen molar-refractivity contribution in [1.29, 1.82) is 0 Å². The molecule has 8 aromatic carbocycles. The van der Waals surface area contributed by atoms with Gasteiger partial charge in [0.15, 0.2) is 0 Å². The minimum absolute atomic E-state index is 0.0101. The molecule has 5 heterocycles. The molecule has 2 aliphatic rings. The summed E-state index contributed by atoms with van der Waals surface area (Å²) in [7, 11) is 0. The number of para-hydroxylation sites is 4. The molecule has 0 radical (unpaired) electrons. The number of hydrazone groups is 4. The van der Waals surface area contributed by atoms with Gasteiger partial charge >= 0.3 is 0 Å². The summed E-state index contributed by atoms with van der Waals surface area (Å²) >= 11 is 0. The molecule has 466 valence electrons. The van der Waals surface area contributed by atoms with Gasteiger partial charge in [0.1, 0.15) is 23.0 Å². The highest BCUT2D eigenvalue weighted by atomic mass is 16.3. The second-order valence-electron chi connectivity index (χ2n) is 21.8. The number of H-pyrrole nitrogens is 2. The van der Waals surface area contributed by atoms with Crippen molar-refractivity contribution in [3.05, 3.63) is 286 Å². The van der Waals surface area contributed by atoms with Crippen LogP contribution in [0.2, 0.25) is 0 Å². The predicted octanol–water partition coefficient (Wildman–Crippen LogP) is 13.2. The van der Waals surface area contributed by atoms with Gasteiger partial charge in [-0.25, -0.2) is 31.7 Å².